The first-order chi connectivity index (χ1) is 13.0. The van der Waals surface area contributed by atoms with Crippen LogP contribution in [0.25, 0.3) is 0 Å². The normalized spacial score (nSPS) is 13.8. The highest BCUT2D eigenvalue weighted by Gasteiger charge is 2.32. The lowest BCUT2D eigenvalue weighted by atomic mass is 10.0. The number of nitrogens with zero attached hydrogens (tertiary/aromatic N) is 1. The standard InChI is InChI=1S/C17H16BrClFNO5S2/c1-3-28(25,26)10(2)21(27(23)24)16-9-14(18)13(8-15(16)20)17(22)11-4-6-12(19)7-5-11/h4-10H,3H2,1-2H3,(H,23,24). The molecule has 0 amide bonds. The molecule has 28 heavy (non-hydrogen) atoms. The maximum Gasteiger partial charge on any atom is 0.263 e. The number of carbonyl (C=O) groups is 1. The van der Waals surface area contributed by atoms with Crippen LogP contribution in [0.3, 0.4) is 0 Å². The van der Waals surface area contributed by atoms with Crippen molar-refractivity contribution in [2.75, 3.05) is 10.1 Å². The fraction of sp³-hybridized carbons (Fsp3) is 0.235. The van der Waals surface area contributed by atoms with Crippen LogP contribution in [0.2, 0.25) is 5.02 Å². The van der Waals surface area contributed by atoms with Crippen LogP contribution in [0.5, 0.6) is 0 Å². The van der Waals surface area contributed by atoms with Crippen LogP contribution >= 0.6 is 27.5 Å². The average Bonchev–Trinajstić information content (AvgIpc) is 2.64. The molecule has 2 aromatic rings. The van der Waals surface area contributed by atoms with Gasteiger partial charge in [-0.25, -0.2) is 21.3 Å². The molecule has 2 aromatic carbocycles. The monoisotopic (exact) mass is 511 g/mol. The van der Waals surface area contributed by atoms with Crippen molar-refractivity contribution in [2.24, 2.45) is 0 Å². The first-order valence-corrected chi connectivity index (χ1v) is 11.9. The van der Waals surface area contributed by atoms with Crippen LogP contribution in [-0.4, -0.2) is 34.1 Å². The van der Waals surface area contributed by atoms with Gasteiger partial charge in [0, 0.05) is 26.4 Å². The van der Waals surface area contributed by atoms with Crippen LogP contribution in [0.15, 0.2) is 40.9 Å². The van der Waals surface area contributed by atoms with Gasteiger partial charge in [0.15, 0.2) is 15.6 Å². The zero-order chi connectivity index (χ0) is 21.2. The summed E-state index contributed by atoms with van der Waals surface area (Å²) in [5.41, 5.74) is -0.190. The molecule has 0 heterocycles. The number of rotatable bonds is 7. The Morgan fingerprint density at radius 3 is 2.39 bits per heavy atom. The maximum atomic E-state index is 14.8. The lowest BCUT2D eigenvalue weighted by molar-refractivity contribution is 0.103. The van der Waals surface area contributed by atoms with Crippen molar-refractivity contribution < 1.29 is 26.4 Å². The molecule has 0 aliphatic rings. The van der Waals surface area contributed by atoms with E-state index in [9.17, 15) is 26.4 Å². The van der Waals surface area contributed by atoms with Gasteiger partial charge < -0.3 is 0 Å². The number of halogens is 3. The van der Waals surface area contributed by atoms with Crippen LogP contribution < -0.4 is 4.31 Å². The molecule has 0 aliphatic carbocycles. The van der Waals surface area contributed by atoms with E-state index in [2.05, 4.69) is 15.9 Å². The SMILES string of the molecule is CCS(=O)(=O)C(C)N(c1cc(Br)c(C(=O)c2ccc(Cl)cc2)cc1F)S(=O)O. The lowest BCUT2D eigenvalue weighted by Gasteiger charge is -2.27. The van der Waals surface area contributed by atoms with Gasteiger partial charge in [-0.1, -0.05) is 18.5 Å². The van der Waals surface area contributed by atoms with E-state index in [-0.39, 0.29) is 21.4 Å². The quantitative estimate of drug-likeness (QED) is 0.443. The summed E-state index contributed by atoms with van der Waals surface area (Å²) in [6.07, 6.45) is 0. The fourth-order valence-corrected chi connectivity index (χ4v) is 5.13. The van der Waals surface area contributed by atoms with Gasteiger partial charge in [0.1, 0.15) is 11.2 Å². The van der Waals surface area contributed by atoms with E-state index in [1.807, 2.05) is 0 Å². The first-order valence-electron chi connectivity index (χ1n) is 7.90. The summed E-state index contributed by atoms with van der Waals surface area (Å²) in [7, 11) is -3.78. The highest BCUT2D eigenvalue weighted by atomic mass is 79.9. The van der Waals surface area contributed by atoms with Crippen molar-refractivity contribution in [2.45, 2.75) is 19.2 Å². The Kier molecular flexibility index (Phi) is 7.38. The lowest BCUT2D eigenvalue weighted by Crippen LogP contribution is -2.41. The number of hydrogen-bond acceptors (Lipinski definition) is 4. The summed E-state index contributed by atoms with van der Waals surface area (Å²) in [4.78, 5) is 12.6. The predicted molar refractivity (Wildman–Crippen MR) is 111 cm³/mol. The largest absolute Gasteiger partial charge is 0.289 e. The molecule has 0 saturated heterocycles. The molecular formula is C17H16BrClFNO5S2. The Morgan fingerprint density at radius 1 is 1.32 bits per heavy atom. The Balaban J connectivity index is 2.53. The van der Waals surface area contributed by atoms with Gasteiger partial charge in [-0.15, -0.1) is 0 Å². The van der Waals surface area contributed by atoms with Crippen LogP contribution in [0.4, 0.5) is 10.1 Å². The third kappa shape index (κ3) is 4.80. The van der Waals surface area contributed by atoms with Crippen molar-refractivity contribution in [3.63, 3.8) is 0 Å². The van der Waals surface area contributed by atoms with Crippen molar-refractivity contribution in [3.8, 4) is 0 Å². The van der Waals surface area contributed by atoms with Crippen LogP contribution in [-0.2, 0) is 21.1 Å². The second-order valence-corrected chi connectivity index (χ2v) is 10.5. The molecule has 2 atom stereocenters. The van der Waals surface area contributed by atoms with Crippen LogP contribution in [0.1, 0.15) is 29.8 Å². The molecule has 1 N–H and O–H groups in total. The van der Waals surface area contributed by atoms with Crippen molar-refractivity contribution in [1.29, 1.82) is 0 Å². The average molecular weight is 513 g/mol. The summed E-state index contributed by atoms with van der Waals surface area (Å²) in [6.45, 7) is 2.57. The van der Waals surface area contributed by atoms with E-state index < -0.39 is 43.8 Å². The predicted octanol–water partition coefficient (Wildman–Crippen LogP) is 4.20. The van der Waals surface area contributed by atoms with Gasteiger partial charge in [-0.05, 0) is 59.3 Å². The molecule has 6 nitrogen and oxygen atoms in total. The van der Waals surface area contributed by atoms with Gasteiger partial charge in [0.2, 0.25) is 0 Å². The minimum absolute atomic E-state index is 0.0294. The van der Waals surface area contributed by atoms with Gasteiger partial charge in [0.05, 0.1) is 5.69 Å². The summed E-state index contributed by atoms with van der Waals surface area (Å²) in [5.74, 6) is -1.81. The van der Waals surface area contributed by atoms with Crippen LogP contribution in [0, 0.1) is 5.82 Å². The Morgan fingerprint density at radius 2 is 1.89 bits per heavy atom. The third-order valence-corrected chi connectivity index (χ3v) is 7.99. The Bertz CT molecular complexity index is 1030. The van der Waals surface area contributed by atoms with E-state index in [4.69, 9.17) is 11.6 Å². The number of hydrogen-bond donors (Lipinski definition) is 1. The van der Waals surface area contributed by atoms with Crippen molar-refractivity contribution in [3.05, 3.63) is 62.8 Å². The molecule has 2 rings (SSSR count). The molecule has 11 heteroatoms. The summed E-state index contributed by atoms with van der Waals surface area (Å²) >= 11 is 6.14. The number of benzene rings is 2. The molecule has 0 aliphatic heterocycles. The van der Waals surface area contributed by atoms with Crippen molar-refractivity contribution in [1.82, 2.24) is 0 Å². The van der Waals surface area contributed by atoms with Crippen molar-refractivity contribution >= 4 is 60.1 Å². The molecule has 152 valence electrons. The first kappa shape index (κ1) is 23.0. The zero-order valence-electron chi connectivity index (χ0n) is 14.7. The second kappa shape index (κ2) is 9.00. The minimum atomic E-state index is -3.78. The molecule has 0 fully saturated rings. The highest BCUT2D eigenvalue weighted by molar-refractivity contribution is 9.10. The number of anilines is 1. The second-order valence-electron chi connectivity index (χ2n) is 5.73. The molecule has 0 spiro atoms. The fourth-order valence-electron chi connectivity index (χ4n) is 2.43. The van der Waals surface area contributed by atoms with E-state index in [0.717, 1.165) is 12.1 Å². The number of carbonyl (C=O) groups excluding carboxylic acids is 1. The highest BCUT2D eigenvalue weighted by Crippen LogP contribution is 2.32. The van der Waals surface area contributed by atoms with Gasteiger partial charge in [-0.2, -0.15) is 0 Å². The minimum Gasteiger partial charge on any atom is -0.289 e. The topological polar surface area (TPSA) is 91.8 Å². The maximum absolute atomic E-state index is 14.8. The molecule has 0 aromatic heterocycles. The third-order valence-electron chi connectivity index (χ3n) is 4.05. The smallest absolute Gasteiger partial charge is 0.263 e. The number of ketones is 1. The molecule has 2 unspecified atom stereocenters. The molecular weight excluding hydrogens is 497 g/mol. The Labute approximate surface area is 178 Å². The Hall–Kier alpha value is -1.33. The summed E-state index contributed by atoms with van der Waals surface area (Å²) < 4.78 is 61.0. The van der Waals surface area contributed by atoms with E-state index >= 15 is 0 Å². The number of sulfone groups is 1. The summed E-state index contributed by atoms with van der Waals surface area (Å²) in [6, 6.07) is 7.99. The van der Waals surface area contributed by atoms with Gasteiger partial charge in [-0.3, -0.25) is 9.35 Å². The van der Waals surface area contributed by atoms with E-state index in [1.165, 1.54) is 38.1 Å². The molecule has 0 bridgehead atoms. The molecule has 0 radical (unpaired) electrons. The zero-order valence-corrected chi connectivity index (χ0v) is 18.7. The van der Waals surface area contributed by atoms with E-state index in [1.54, 1.807) is 0 Å². The molecule has 0 saturated carbocycles. The summed E-state index contributed by atoms with van der Waals surface area (Å²) in [5, 5.41) is -1.02. The van der Waals surface area contributed by atoms with Gasteiger partial charge >= 0.3 is 0 Å². The van der Waals surface area contributed by atoms with E-state index in [0.29, 0.717) is 9.33 Å². The van der Waals surface area contributed by atoms with Gasteiger partial charge in [0.25, 0.3) is 11.3 Å².